The van der Waals surface area contributed by atoms with Gasteiger partial charge in [-0.15, -0.1) is 0 Å². The van der Waals surface area contributed by atoms with E-state index in [9.17, 15) is 0 Å². The fourth-order valence-corrected chi connectivity index (χ4v) is 1.38. The Balaban J connectivity index is 2.90. The Morgan fingerprint density at radius 2 is 1.93 bits per heavy atom. The van der Waals surface area contributed by atoms with Crippen molar-refractivity contribution in [1.82, 2.24) is 0 Å². The second-order valence-electron chi connectivity index (χ2n) is 3.65. The Hall–Kier alpha value is -0.730. The zero-order chi connectivity index (χ0) is 10.7. The first-order valence-electron chi connectivity index (χ1n) is 4.72. The highest BCUT2D eigenvalue weighted by Crippen LogP contribution is 2.27. The minimum absolute atomic E-state index is 0.000556. The standard InChI is InChI=1S/C11H16ClNO/c1-7(2)14-11-5-4-9(8(3)13)6-10(11)12/h4-8H,13H2,1-3H3/t8-/m0/s1. The largest absolute Gasteiger partial charge is 0.489 e. The third-order valence-electron chi connectivity index (χ3n) is 1.84. The Bertz CT molecular complexity index is 310. The van der Waals surface area contributed by atoms with Crippen molar-refractivity contribution in [1.29, 1.82) is 0 Å². The molecule has 0 saturated heterocycles. The van der Waals surface area contributed by atoms with E-state index in [4.69, 9.17) is 22.1 Å². The number of hydrogen-bond acceptors (Lipinski definition) is 2. The zero-order valence-electron chi connectivity index (χ0n) is 8.75. The van der Waals surface area contributed by atoms with Crippen LogP contribution in [-0.4, -0.2) is 6.10 Å². The molecule has 0 unspecified atom stereocenters. The van der Waals surface area contributed by atoms with Crippen LogP contribution in [0.2, 0.25) is 5.02 Å². The van der Waals surface area contributed by atoms with Crippen LogP contribution in [-0.2, 0) is 0 Å². The van der Waals surface area contributed by atoms with Gasteiger partial charge in [0, 0.05) is 6.04 Å². The van der Waals surface area contributed by atoms with Crippen LogP contribution in [0.3, 0.4) is 0 Å². The molecule has 1 aromatic carbocycles. The number of rotatable bonds is 3. The minimum atomic E-state index is 0.000556. The third kappa shape index (κ3) is 2.89. The van der Waals surface area contributed by atoms with Gasteiger partial charge in [-0.05, 0) is 38.5 Å². The fraction of sp³-hybridized carbons (Fsp3) is 0.455. The highest BCUT2D eigenvalue weighted by atomic mass is 35.5. The van der Waals surface area contributed by atoms with Gasteiger partial charge >= 0.3 is 0 Å². The molecule has 0 radical (unpaired) electrons. The summed E-state index contributed by atoms with van der Waals surface area (Å²) in [5.74, 6) is 0.714. The molecule has 1 rings (SSSR count). The predicted molar refractivity (Wildman–Crippen MR) is 59.8 cm³/mol. The second-order valence-corrected chi connectivity index (χ2v) is 4.05. The SMILES string of the molecule is CC(C)Oc1ccc([C@H](C)N)cc1Cl. The van der Waals surface area contributed by atoms with Gasteiger partial charge in [0.25, 0.3) is 0 Å². The van der Waals surface area contributed by atoms with Gasteiger partial charge in [-0.2, -0.15) is 0 Å². The fourth-order valence-electron chi connectivity index (χ4n) is 1.15. The summed E-state index contributed by atoms with van der Waals surface area (Å²) >= 11 is 6.04. The average Bonchev–Trinajstić information content (AvgIpc) is 2.07. The summed E-state index contributed by atoms with van der Waals surface area (Å²) in [7, 11) is 0. The molecule has 0 amide bonds. The van der Waals surface area contributed by atoms with Crippen molar-refractivity contribution in [3.05, 3.63) is 28.8 Å². The molecule has 2 N–H and O–H groups in total. The van der Waals surface area contributed by atoms with Crippen LogP contribution >= 0.6 is 11.6 Å². The van der Waals surface area contributed by atoms with Crippen molar-refractivity contribution in [2.75, 3.05) is 0 Å². The van der Waals surface area contributed by atoms with E-state index >= 15 is 0 Å². The number of nitrogens with two attached hydrogens (primary N) is 1. The molecular formula is C11H16ClNO. The molecule has 0 aromatic heterocycles. The van der Waals surface area contributed by atoms with Crippen molar-refractivity contribution in [3.63, 3.8) is 0 Å². The maximum absolute atomic E-state index is 6.04. The molecule has 14 heavy (non-hydrogen) atoms. The molecule has 1 aromatic rings. The molecule has 1 atom stereocenters. The highest BCUT2D eigenvalue weighted by Gasteiger charge is 2.06. The van der Waals surface area contributed by atoms with E-state index in [-0.39, 0.29) is 12.1 Å². The molecule has 0 saturated carbocycles. The molecular weight excluding hydrogens is 198 g/mol. The van der Waals surface area contributed by atoms with E-state index in [1.54, 1.807) is 0 Å². The zero-order valence-corrected chi connectivity index (χ0v) is 9.51. The lowest BCUT2D eigenvalue weighted by molar-refractivity contribution is 0.242. The van der Waals surface area contributed by atoms with Gasteiger partial charge in [0.2, 0.25) is 0 Å². The van der Waals surface area contributed by atoms with Crippen LogP contribution in [0.25, 0.3) is 0 Å². The summed E-state index contributed by atoms with van der Waals surface area (Å²) in [6, 6.07) is 5.65. The molecule has 0 aliphatic carbocycles. The van der Waals surface area contributed by atoms with E-state index in [1.807, 2.05) is 39.0 Å². The molecule has 2 nitrogen and oxygen atoms in total. The number of hydrogen-bond donors (Lipinski definition) is 1. The van der Waals surface area contributed by atoms with Crippen LogP contribution in [0.1, 0.15) is 32.4 Å². The maximum Gasteiger partial charge on any atom is 0.138 e. The predicted octanol–water partition coefficient (Wildman–Crippen LogP) is 3.15. The monoisotopic (exact) mass is 213 g/mol. The van der Waals surface area contributed by atoms with Crippen LogP contribution in [0.5, 0.6) is 5.75 Å². The quantitative estimate of drug-likeness (QED) is 0.837. The second kappa shape index (κ2) is 4.67. The van der Waals surface area contributed by atoms with Crippen LogP contribution in [0.4, 0.5) is 0 Å². The van der Waals surface area contributed by atoms with Crippen molar-refractivity contribution >= 4 is 11.6 Å². The van der Waals surface area contributed by atoms with Crippen molar-refractivity contribution < 1.29 is 4.74 Å². The molecule has 0 fully saturated rings. The lowest BCUT2D eigenvalue weighted by Gasteiger charge is -2.13. The molecule has 0 bridgehead atoms. The average molecular weight is 214 g/mol. The maximum atomic E-state index is 6.04. The lowest BCUT2D eigenvalue weighted by Crippen LogP contribution is -2.08. The number of benzene rings is 1. The van der Waals surface area contributed by atoms with Crippen LogP contribution in [0, 0.1) is 0 Å². The van der Waals surface area contributed by atoms with Gasteiger partial charge in [-0.3, -0.25) is 0 Å². The van der Waals surface area contributed by atoms with Gasteiger partial charge in [-0.25, -0.2) is 0 Å². The summed E-state index contributed by atoms with van der Waals surface area (Å²) in [5, 5.41) is 0.619. The van der Waals surface area contributed by atoms with Gasteiger partial charge in [-0.1, -0.05) is 17.7 Å². The van der Waals surface area contributed by atoms with Gasteiger partial charge < -0.3 is 10.5 Å². The van der Waals surface area contributed by atoms with E-state index < -0.39 is 0 Å². The van der Waals surface area contributed by atoms with Gasteiger partial charge in [0.05, 0.1) is 11.1 Å². The summed E-state index contributed by atoms with van der Waals surface area (Å²) in [5.41, 5.74) is 6.75. The summed E-state index contributed by atoms with van der Waals surface area (Å²) in [6.07, 6.45) is 0.133. The van der Waals surface area contributed by atoms with Gasteiger partial charge in [0.15, 0.2) is 0 Å². The van der Waals surface area contributed by atoms with E-state index in [1.165, 1.54) is 0 Å². The Labute approximate surface area is 90.0 Å². The molecule has 0 aliphatic rings. The normalized spacial score (nSPS) is 13.0. The van der Waals surface area contributed by atoms with E-state index in [0.29, 0.717) is 10.8 Å². The third-order valence-corrected chi connectivity index (χ3v) is 2.14. The molecule has 0 heterocycles. The van der Waals surface area contributed by atoms with Crippen LogP contribution < -0.4 is 10.5 Å². The summed E-state index contributed by atoms with van der Waals surface area (Å²) < 4.78 is 5.51. The molecule has 3 heteroatoms. The van der Waals surface area contributed by atoms with Crippen molar-refractivity contribution in [3.8, 4) is 5.75 Å². The summed E-state index contributed by atoms with van der Waals surface area (Å²) in [4.78, 5) is 0. The van der Waals surface area contributed by atoms with Gasteiger partial charge in [0.1, 0.15) is 5.75 Å². The minimum Gasteiger partial charge on any atom is -0.489 e. The highest BCUT2D eigenvalue weighted by molar-refractivity contribution is 6.32. The lowest BCUT2D eigenvalue weighted by atomic mass is 10.1. The first kappa shape index (κ1) is 11.3. The first-order valence-corrected chi connectivity index (χ1v) is 5.10. The Morgan fingerprint density at radius 3 is 2.36 bits per heavy atom. The van der Waals surface area contributed by atoms with E-state index in [2.05, 4.69) is 0 Å². The summed E-state index contributed by atoms with van der Waals surface area (Å²) in [6.45, 7) is 5.86. The number of ether oxygens (including phenoxy) is 1. The molecule has 0 aliphatic heterocycles. The van der Waals surface area contributed by atoms with Crippen molar-refractivity contribution in [2.45, 2.75) is 32.9 Å². The van der Waals surface area contributed by atoms with E-state index in [0.717, 1.165) is 5.56 Å². The Morgan fingerprint density at radius 1 is 1.29 bits per heavy atom. The smallest absolute Gasteiger partial charge is 0.138 e. The van der Waals surface area contributed by atoms with Crippen LogP contribution in [0.15, 0.2) is 18.2 Å². The Kier molecular flexibility index (Phi) is 3.78. The molecule has 0 spiro atoms. The topological polar surface area (TPSA) is 35.2 Å². The van der Waals surface area contributed by atoms with Crippen molar-refractivity contribution in [2.24, 2.45) is 5.73 Å². The first-order chi connectivity index (χ1) is 6.50. The number of halogens is 1. The molecule has 78 valence electrons.